The van der Waals surface area contributed by atoms with Crippen LogP contribution in [0.25, 0.3) is 0 Å². The molecule has 1 heterocycles. The molecule has 0 unspecified atom stereocenters. The first-order chi connectivity index (χ1) is 9.45. The molecule has 1 atom stereocenters. The van der Waals surface area contributed by atoms with Crippen molar-refractivity contribution >= 4 is 29.7 Å². The highest BCUT2D eigenvalue weighted by Crippen LogP contribution is 2.39. The Morgan fingerprint density at radius 3 is 2.57 bits per heavy atom. The van der Waals surface area contributed by atoms with E-state index in [2.05, 4.69) is 5.32 Å². The van der Waals surface area contributed by atoms with E-state index in [0.717, 1.165) is 0 Å². The molecule has 1 aromatic rings. The summed E-state index contributed by atoms with van der Waals surface area (Å²) in [6.45, 7) is 0.947. The average molecular weight is 342 g/mol. The lowest BCUT2D eigenvalue weighted by Crippen LogP contribution is -2.51. The maximum atomic E-state index is 14.2. The molecule has 0 radical (unpaired) electrons. The molecule has 4 N–H and O–H groups in total. The fourth-order valence-electron chi connectivity index (χ4n) is 2.50. The van der Waals surface area contributed by atoms with Crippen LogP contribution < -0.4 is 11.1 Å². The first kappa shape index (κ1) is 18.4. The van der Waals surface area contributed by atoms with Gasteiger partial charge in [0.05, 0.1) is 0 Å². The zero-order valence-corrected chi connectivity index (χ0v) is 12.9. The number of rotatable bonds is 4. The number of nitrogen functional groups attached to an aromatic ring is 1. The molecule has 1 aromatic carbocycles. The molecule has 1 aliphatic rings. The van der Waals surface area contributed by atoms with Crippen molar-refractivity contribution in [1.82, 2.24) is 10.2 Å². The van der Waals surface area contributed by atoms with Gasteiger partial charge in [-0.2, -0.15) is 0 Å². The lowest BCUT2D eigenvalue weighted by Gasteiger charge is -2.39. The van der Waals surface area contributed by atoms with Crippen molar-refractivity contribution in [3.05, 3.63) is 28.8 Å². The third kappa shape index (κ3) is 4.17. The fraction of sp³-hybridized carbons (Fsp3) is 0.538. The Bertz CT molecular complexity index is 471. The lowest BCUT2D eigenvalue weighted by molar-refractivity contribution is -0.118. The van der Waals surface area contributed by atoms with Gasteiger partial charge in [-0.25, -0.2) is 8.78 Å². The van der Waals surface area contributed by atoms with Gasteiger partial charge in [0.25, 0.3) is 5.92 Å². The molecule has 1 fully saturated rings. The van der Waals surface area contributed by atoms with E-state index in [0.29, 0.717) is 31.2 Å². The van der Waals surface area contributed by atoms with Gasteiger partial charge in [0.2, 0.25) is 0 Å². The van der Waals surface area contributed by atoms with Gasteiger partial charge in [-0.3, -0.25) is 4.90 Å². The molecule has 0 amide bonds. The van der Waals surface area contributed by atoms with E-state index >= 15 is 0 Å². The number of piperazine rings is 1. The van der Waals surface area contributed by atoms with Crippen LogP contribution in [0, 0.1) is 0 Å². The van der Waals surface area contributed by atoms with E-state index in [1.165, 1.54) is 12.1 Å². The second kappa shape index (κ2) is 7.56. The molecule has 1 aliphatic heterocycles. The molecular weight excluding hydrogens is 323 g/mol. The summed E-state index contributed by atoms with van der Waals surface area (Å²) in [6.07, 6.45) is 0. The van der Waals surface area contributed by atoms with Crippen LogP contribution in [0.5, 0.6) is 0 Å². The zero-order chi connectivity index (χ0) is 14.8. The largest absolute Gasteiger partial charge is 0.398 e. The van der Waals surface area contributed by atoms with E-state index in [1.54, 1.807) is 11.0 Å². The van der Waals surface area contributed by atoms with Gasteiger partial charge in [-0.05, 0) is 23.8 Å². The number of aliphatic hydroxyl groups is 1. The number of nitrogens with one attached hydrogen (secondary N) is 1. The molecule has 0 aromatic heterocycles. The van der Waals surface area contributed by atoms with Crippen molar-refractivity contribution in [2.45, 2.75) is 12.0 Å². The van der Waals surface area contributed by atoms with Gasteiger partial charge in [-0.1, -0.05) is 11.6 Å². The smallest absolute Gasteiger partial charge is 0.289 e. The summed E-state index contributed by atoms with van der Waals surface area (Å²) in [7, 11) is 0. The summed E-state index contributed by atoms with van der Waals surface area (Å²) in [5, 5.41) is 12.5. The third-order valence-electron chi connectivity index (χ3n) is 3.47. The molecule has 0 saturated carbocycles. The van der Waals surface area contributed by atoms with Crippen LogP contribution in [-0.4, -0.2) is 48.7 Å². The predicted octanol–water partition coefficient (Wildman–Crippen LogP) is 1.92. The molecule has 0 aliphatic carbocycles. The Morgan fingerprint density at radius 2 is 2.00 bits per heavy atom. The summed E-state index contributed by atoms with van der Waals surface area (Å²) in [4.78, 5) is 1.63. The lowest BCUT2D eigenvalue weighted by atomic mass is 9.96. The van der Waals surface area contributed by atoms with Crippen molar-refractivity contribution in [3.63, 3.8) is 0 Å². The van der Waals surface area contributed by atoms with Gasteiger partial charge in [0, 0.05) is 36.9 Å². The highest BCUT2D eigenvalue weighted by Gasteiger charge is 2.44. The maximum absolute atomic E-state index is 14.2. The van der Waals surface area contributed by atoms with Crippen LogP contribution in [0.2, 0.25) is 5.02 Å². The first-order valence-electron chi connectivity index (χ1n) is 6.44. The molecule has 0 spiro atoms. The van der Waals surface area contributed by atoms with Crippen LogP contribution in [0.15, 0.2) is 18.2 Å². The number of halogens is 4. The molecule has 1 saturated heterocycles. The van der Waals surface area contributed by atoms with E-state index in [4.69, 9.17) is 22.4 Å². The number of anilines is 1. The monoisotopic (exact) mass is 341 g/mol. The van der Waals surface area contributed by atoms with Crippen LogP contribution in [0.3, 0.4) is 0 Å². The van der Waals surface area contributed by atoms with Gasteiger partial charge >= 0.3 is 0 Å². The number of benzene rings is 1. The molecule has 21 heavy (non-hydrogen) atoms. The molecular formula is C13H19Cl2F2N3O. The van der Waals surface area contributed by atoms with Crippen molar-refractivity contribution in [2.24, 2.45) is 0 Å². The number of nitrogens with zero attached hydrogens (tertiary/aromatic N) is 1. The Balaban J connectivity index is 0.00000220. The second-order valence-electron chi connectivity index (χ2n) is 4.88. The van der Waals surface area contributed by atoms with E-state index < -0.39 is 18.6 Å². The Kier molecular flexibility index (Phi) is 6.62. The number of hydrogen-bond acceptors (Lipinski definition) is 4. The van der Waals surface area contributed by atoms with Gasteiger partial charge < -0.3 is 16.2 Å². The summed E-state index contributed by atoms with van der Waals surface area (Å²) in [6, 6.07) is 3.26. The number of aliphatic hydroxyl groups excluding tert-OH is 1. The molecule has 8 heteroatoms. The topological polar surface area (TPSA) is 61.5 Å². The molecule has 120 valence electrons. The van der Waals surface area contributed by atoms with Crippen molar-refractivity contribution in [1.29, 1.82) is 0 Å². The number of nitrogens with two attached hydrogens (primary N) is 1. The van der Waals surface area contributed by atoms with Gasteiger partial charge in [0.15, 0.2) is 0 Å². The third-order valence-corrected chi connectivity index (χ3v) is 3.71. The van der Waals surface area contributed by atoms with Crippen LogP contribution in [0.4, 0.5) is 14.5 Å². The summed E-state index contributed by atoms with van der Waals surface area (Å²) < 4.78 is 28.4. The quantitative estimate of drug-likeness (QED) is 0.732. The SMILES string of the molecule is Cl.Nc1ccc(Cl)cc1[C@@H](N1CCNCC1)C(F)(F)CO. The molecule has 0 bridgehead atoms. The van der Waals surface area contributed by atoms with Gasteiger partial charge in [-0.15, -0.1) is 12.4 Å². The minimum absolute atomic E-state index is 0. The summed E-state index contributed by atoms with van der Waals surface area (Å²) in [5.41, 5.74) is 6.35. The highest BCUT2D eigenvalue weighted by atomic mass is 35.5. The van der Waals surface area contributed by atoms with Crippen molar-refractivity contribution in [2.75, 3.05) is 38.5 Å². The van der Waals surface area contributed by atoms with E-state index in [1.807, 2.05) is 0 Å². The van der Waals surface area contributed by atoms with Crippen LogP contribution in [0.1, 0.15) is 11.6 Å². The normalized spacial score (nSPS) is 18.1. The Hall–Kier alpha value is -0.660. The van der Waals surface area contributed by atoms with Crippen LogP contribution >= 0.6 is 24.0 Å². The minimum Gasteiger partial charge on any atom is -0.398 e. The summed E-state index contributed by atoms with van der Waals surface area (Å²) >= 11 is 5.90. The van der Waals surface area contributed by atoms with Crippen LogP contribution in [-0.2, 0) is 0 Å². The Labute approximate surface area is 133 Å². The first-order valence-corrected chi connectivity index (χ1v) is 6.82. The average Bonchev–Trinajstić information content (AvgIpc) is 2.44. The van der Waals surface area contributed by atoms with Crippen molar-refractivity contribution in [3.8, 4) is 0 Å². The zero-order valence-electron chi connectivity index (χ0n) is 11.4. The number of alkyl halides is 2. The fourth-order valence-corrected chi connectivity index (χ4v) is 2.68. The standard InChI is InChI=1S/C13H18ClF2N3O.ClH/c14-9-1-2-11(17)10(7-9)12(13(15,16)8-20)19-5-3-18-4-6-19;/h1-2,7,12,18,20H,3-6,8,17H2;1H/t12-;/m1./s1. The Morgan fingerprint density at radius 1 is 1.38 bits per heavy atom. The summed E-state index contributed by atoms with van der Waals surface area (Å²) in [5.74, 6) is -3.28. The minimum atomic E-state index is -3.28. The predicted molar refractivity (Wildman–Crippen MR) is 82.3 cm³/mol. The highest BCUT2D eigenvalue weighted by molar-refractivity contribution is 6.30. The molecule has 2 rings (SSSR count). The van der Waals surface area contributed by atoms with E-state index in [-0.39, 0.29) is 23.7 Å². The maximum Gasteiger partial charge on any atom is 0.289 e. The second-order valence-corrected chi connectivity index (χ2v) is 5.32. The van der Waals surface area contributed by atoms with E-state index in [9.17, 15) is 8.78 Å². The van der Waals surface area contributed by atoms with Crippen molar-refractivity contribution < 1.29 is 13.9 Å². The molecule has 4 nitrogen and oxygen atoms in total. The number of hydrogen-bond donors (Lipinski definition) is 3. The van der Waals surface area contributed by atoms with Gasteiger partial charge in [0.1, 0.15) is 12.6 Å².